The molecule has 0 aromatic carbocycles. The third-order valence-corrected chi connectivity index (χ3v) is 6.50. The van der Waals surface area contributed by atoms with Crippen LogP contribution in [0.3, 0.4) is 0 Å². The third-order valence-electron chi connectivity index (χ3n) is 4.51. The fraction of sp³-hybridized carbons (Fsp3) is 0.917. The molecule has 0 aliphatic carbocycles. The van der Waals surface area contributed by atoms with E-state index in [1.807, 2.05) is 13.8 Å². The summed E-state index contributed by atoms with van der Waals surface area (Å²) in [4.78, 5) is 11.5. The highest BCUT2D eigenvalue weighted by Gasteiger charge is 2.51. The summed E-state index contributed by atoms with van der Waals surface area (Å²) in [7, 11) is -3.47. The van der Waals surface area contributed by atoms with Crippen molar-refractivity contribution < 1.29 is 18.3 Å². The van der Waals surface area contributed by atoms with Gasteiger partial charge in [0.2, 0.25) is 0 Å². The van der Waals surface area contributed by atoms with E-state index in [9.17, 15) is 18.3 Å². The zero-order valence-electron chi connectivity index (χ0n) is 11.5. The van der Waals surface area contributed by atoms with Gasteiger partial charge in [-0.1, -0.05) is 13.8 Å². The van der Waals surface area contributed by atoms with Crippen molar-refractivity contribution >= 4 is 16.2 Å². The Balaban J connectivity index is 2.19. The molecule has 0 aromatic heterocycles. The first-order valence-electron chi connectivity index (χ1n) is 6.79. The van der Waals surface area contributed by atoms with Crippen LogP contribution < -0.4 is 0 Å². The first kappa shape index (κ1) is 14.7. The van der Waals surface area contributed by atoms with E-state index in [4.69, 9.17) is 0 Å². The fourth-order valence-corrected chi connectivity index (χ4v) is 4.73. The van der Waals surface area contributed by atoms with Gasteiger partial charge < -0.3 is 5.11 Å². The highest BCUT2D eigenvalue weighted by molar-refractivity contribution is 7.86. The predicted molar refractivity (Wildman–Crippen MR) is 70.8 cm³/mol. The van der Waals surface area contributed by atoms with Crippen LogP contribution >= 0.6 is 0 Å². The molecule has 2 saturated heterocycles. The standard InChI is InChI=1S/C12H22N2O4S/c1-10(2)12(11(15)16)5-8-14(9-12)19(17,18)13-6-3-4-7-13/h10H,3-9H2,1-2H3,(H,15,16). The topological polar surface area (TPSA) is 77.9 Å². The maximum Gasteiger partial charge on any atom is 0.311 e. The fourth-order valence-electron chi connectivity index (χ4n) is 2.97. The molecule has 0 saturated carbocycles. The molecule has 1 N–H and O–H groups in total. The van der Waals surface area contributed by atoms with Crippen molar-refractivity contribution in [3.8, 4) is 0 Å². The molecule has 110 valence electrons. The summed E-state index contributed by atoms with van der Waals surface area (Å²) in [6.45, 7) is 5.21. The second-order valence-corrected chi connectivity index (χ2v) is 7.74. The lowest BCUT2D eigenvalue weighted by Gasteiger charge is -2.29. The smallest absolute Gasteiger partial charge is 0.311 e. The second-order valence-electron chi connectivity index (χ2n) is 5.81. The van der Waals surface area contributed by atoms with Crippen LogP contribution in [0.4, 0.5) is 0 Å². The van der Waals surface area contributed by atoms with Crippen LogP contribution in [-0.4, -0.2) is 54.3 Å². The Kier molecular flexibility index (Phi) is 3.90. The number of hydrogen-bond acceptors (Lipinski definition) is 3. The molecule has 6 nitrogen and oxygen atoms in total. The molecule has 2 heterocycles. The number of carboxylic acid groups (broad SMARTS) is 1. The summed E-state index contributed by atoms with van der Waals surface area (Å²) < 4.78 is 27.7. The Bertz CT molecular complexity index is 456. The SMILES string of the molecule is CC(C)C1(C(=O)O)CCN(S(=O)(=O)N2CCCC2)C1. The quantitative estimate of drug-likeness (QED) is 0.829. The van der Waals surface area contributed by atoms with E-state index in [0.29, 0.717) is 26.1 Å². The number of carbonyl (C=O) groups is 1. The summed E-state index contributed by atoms with van der Waals surface area (Å²) in [5.74, 6) is -0.967. The molecule has 2 aliphatic rings. The Morgan fingerprint density at radius 1 is 1.16 bits per heavy atom. The van der Waals surface area contributed by atoms with Gasteiger partial charge in [-0.15, -0.1) is 0 Å². The normalized spacial score (nSPS) is 30.3. The van der Waals surface area contributed by atoms with Crippen molar-refractivity contribution in [3.63, 3.8) is 0 Å². The molecule has 2 fully saturated rings. The molecule has 1 unspecified atom stereocenters. The van der Waals surface area contributed by atoms with Gasteiger partial charge in [-0.25, -0.2) is 0 Å². The zero-order valence-corrected chi connectivity index (χ0v) is 12.3. The molecule has 0 bridgehead atoms. The van der Waals surface area contributed by atoms with Crippen molar-refractivity contribution in [1.82, 2.24) is 8.61 Å². The Hall–Kier alpha value is -0.660. The monoisotopic (exact) mass is 290 g/mol. The van der Waals surface area contributed by atoms with E-state index in [0.717, 1.165) is 12.8 Å². The molecule has 0 aromatic rings. The molecule has 0 spiro atoms. The highest BCUT2D eigenvalue weighted by atomic mass is 32.2. The molecule has 2 rings (SSSR count). The molecular weight excluding hydrogens is 268 g/mol. The summed E-state index contributed by atoms with van der Waals surface area (Å²) in [6, 6.07) is 0. The minimum Gasteiger partial charge on any atom is -0.481 e. The lowest BCUT2D eigenvalue weighted by atomic mass is 9.77. The van der Waals surface area contributed by atoms with Crippen LogP contribution in [0.25, 0.3) is 0 Å². The molecule has 7 heteroatoms. The largest absolute Gasteiger partial charge is 0.481 e. The molecule has 2 aliphatic heterocycles. The van der Waals surface area contributed by atoms with E-state index >= 15 is 0 Å². The number of rotatable bonds is 4. The van der Waals surface area contributed by atoms with Crippen molar-refractivity contribution in [2.24, 2.45) is 11.3 Å². The zero-order chi connectivity index (χ0) is 14.3. The summed E-state index contributed by atoms with van der Waals surface area (Å²) >= 11 is 0. The van der Waals surface area contributed by atoms with Crippen LogP contribution in [0.1, 0.15) is 33.1 Å². The molecule has 0 amide bonds. The summed E-state index contributed by atoms with van der Waals surface area (Å²) in [6.07, 6.45) is 2.18. The van der Waals surface area contributed by atoms with Gasteiger partial charge in [0.1, 0.15) is 0 Å². The van der Waals surface area contributed by atoms with Gasteiger partial charge in [0.25, 0.3) is 10.2 Å². The van der Waals surface area contributed by atoms with E-state index < -0.39 is 21.6 Å². The molecule has 1 atom stereocenters. The van der Waals surface area contributed by atoms with Crippen LogP contribution in [-0.2, 0) is 15.0 Å². The lowest BCUT2D eigenvalue weighted by Crippen LogP contribution is -2.45. The Morgan fingerprint density at radius 2 is 1.74 bits per heavy atom. The molecular formula is C12H22N2O4S. The summed E-state index contributed by atoms with van der Waals surface area (Å²) in [5, 5.41) is 9.45. The number of nitrogens with zero attached hydrogens (tertiary/aromatic N) is 2. The van der Waals surface area contributed by atoms with E-state index in [2.05, 4.69) is 0 Å². The van der Waals surface area contributed by atoms with Gasteiger partial charge in [0, 0.05) is 26.2 Å². The van der Waals surface area contributed by atoms with E-state index in [-0.39, 0.29) is 12.5 Å². The maximum atomic E-state index is 12.4. The van der Waals surface area contributed by atoms with Gasteiger partial charge >= 0.3 is 5.97 Å². The third kappa shape index (κ3) is 2.39. The minimum absolute atomic E-state index is 0.0798. The van der Waals surface area contributed by atoms with Crippen LogP contribution in [0, 0.1) is 11.3 Å². The second kappa shape index (κ2) is 5.03. The highest BCUT2D eigenvalue weighted by Crippen LogP contribution is 2.39. The first-order chi connectivity index (χ1) is 8.80. The number of aliphatic carboxylic acids is 1. The van der Waals surface area contributed by atoms with Gasteiger partial charge in [-0.05, 0) is 25.2 Å². The van der Waals surface area contributed by atoms with Crippen molar-refractivity contribution in [2.75, 3.05) is 26.2 Å². The van der Waals surface area contributed by atoms with Crippen LogP contribution in [0.5, 0.6) is 0 Å². The van der Waals surface area contributed by atoms with Gasteiger partial charge in [0.05, 0.1) is 5.41 Å². The summed E-state index contributed by atoms with van der Waals surface area (Å²) in [5.41, 5.74) is -0.938. The first-order valence-corrected chi connectivity index (χ1v) is 8.19. The number of hydrogen-bond donors (Lipinski definition) is 1. The van der Waals surface area contributed by atoms with Gasteiger partial charge in [-0.3, -0.25) is 4.79 Å². The average Bonchev–Trinajstić information content (AvgIpc) is 3.00. The van der Waals surface area contributed by atoms with Gasteiger partial charge in [0.15, 0.2) is 0 Å². The predicted octanol–water partition coefficient (Wildman–Crippen LogP) is 0.760. The molecule has 19 heavy (non-hydrogen) atoms. The van der Waals surface area contributed by atoms with Gasteiger partial charge in [-0.2, -0.15) is 17.0 Å². The Morgan fingerprint density at radius 3 is 2.16 bits per heavy atom. The van der Waals surface area contributed by atoms with E-state index in [1.54, 1.807) is 0 Å². The molecule has 0 radical (unpaired) electrons. The average molecular weight is 290 g/mol. The number of carboxylic acids is 1. The lowest BCUT2D eigenvalue weighted by molar-refractivity contribution is -0.150. The maximum absolute atomic E-state index is 12.4. The Labute approximate surface area is 114 Å². The minimum atomic E-state index is -3.47. The van der Waals surface area contributed by atoms with Crippen LogP contribution in [0.15, 0.2) is 0 Å². The van der Waals surface area contributed by atoms with Crippen molar-refractivity contribution in [1.29, 1.82) is 0 Å². The van der Waals surface area contributed by atoms with Crippen molar-refractivity contribution in [3.05, 3.63) is 0 Å². The van der Waals surface area contributed by atoms with Crippen molar-refractivity contribution in [2.45, 2.75) is 33.1 Å². The van der Waals surface area contributed by atoms with Crippen LogP contribution in [0.2, 0.25) is 0 Å². The van der Waals surface area contributed by atoms with E-state index in [1.165, 1.54) is 8.61 Å².